The number of aromatic nitrogens is 3. The first-order valence-electron chi connectivity index (χ1n) is 6.25. The highest BCUT2D eigenvalue weighted by Crippen LogP contribution is 2.29. The lowest BCUT2D eigenvalue weighted by molar-refractivity contribution is -0.141. The Morgan fingerprint density at radius 3 is 2.70 bits per heavy atom. The van der Waals surface area contributed by atoms with E-state index in [1.165, 1.54) is 13.1 Å². The molecule has 2 rings (SSSR count). The van der Waals surface area contributed by atoms with Gasteiger partial charge in [-0.05, 0) is 25.1 Å². The fourth-order valence-corrected chi connectivity index (χ4v) is 2.40. The van der Waals surface area contributed by atoms with Crippen molar-refractivity contribution in [3.63, 3.8) is 0 Å². The number of alkyl halides is 3. The summed E-state index contributed by atoms with van der Waals surface area (Å²) in [6.45, 7) is 1.52. The summed E-state index contributed by atoms with van der Waals surface area (Å²) in [7, 11) is 0. The Bertz CT molecular complexity index is 714. The Hall–Kier alpha value is -1.87. The van der Waals surface area contributed by atoms with Gasteiger partial charge in [0.05, 0.1) is 10.9 Å². The fraction of sp³-hybridized carbons (Fsp3) is 0.231. The highest BCUT2D eigenvalue weighted by atomic mass is 35.5. The Kier molecular flexibility index (Phi) is 5.42. The first-order valence-corrected chi connectivity index (χ1v) is 7.51. The summed E-state index contributed by atoms with van der Waals surface area (Å²) < 4.78 is 37.8. The highest BCUT2D eigenvalue weighted by Gasteiger charge is 2.33. The molecule has 0 radical (unpaired) electrons. The van der Waals surface area contributed by atoms with Gasteiger partial charge in [-0.1, -0.05) is 23.4 Å². The number of nitrogens with zero attached hydrogens (tertiary/aromatic N) is 3. The second kappa shape index (κ2) is 7.14. The zero-order chi connectivity index (χ0) is 17.0. The highest BCUT2D eigenvalue weighted by molar-refractivity contribution is 8.00. The first kappa shape index (κ1) is 17.5. The van der Waals surface area contributed by atoms with Crippen LogP contribution in [0.4, 0.5) is 18.9 Å². The van der Waals surface area contributed by atoms with Crippen LogP contribution in [0.5, 0.6) is 0 Å². The van der Waals surface area contributed by atoms with Crippen LogP contribution in [0.2, 0.25) is 5.15 Å². The van der Waals surface area contributed by atoms with E-state index in [2.05, 4.69) is 20.3 Å². The molecule has 122 valence electrons. The number of anilines is 1. The summed E-state index contributed by atoms with van der Waals surface area (Å²) in [5.74, 6) is -0.453. The molecule has 1 atom stereocenters. The van der Waals surface area contributed by atoms with Gasteiger partial charge in [0.25, 0.3) is 0 Å². The van der Waals surface area contributed by atoms with Crippen LogP contribution in [-0.2, 0) is 11.0 Å². The normalized spacial score (nSPS) is 12.7. The van der Waals surface area contributed by atoms with Gasteiger partial charge in [-0.15, -0.1) is 0 Å². The van der Waals surface area contributed by atoms with Crippen molar-refractivity contribution in [3.05, 3.63) is 41.4 Å². The molecule has 0 aliphatic rings. The smallest absolute Gasteiger partial charge is 0.322 e. The molecular formula is C13H10ClF3N4OS. The molecular weight excluding hydrogens is 353 g/mol. The number of pyridine rings is 1. The SMILES string of the molecule is CC(Sc1nccc(C(F)(F)F)n1)C(=O)Nc1cccnc1Cl. The predicted octanol–water partition coefficient (Wildman–Crippen LogP) is 3.66. The molecule has 0 spiro atoms. The van der Waals surface area contributed by atoms with Crippen molar-refractivity contribution in [3.8, 4) is 0 Å². The minimum absolute atomic E-state index is 0.119. The number of rotatable bonds is 4. The number of nitrogens with one attached hydrogen (secondary N) is 1. The summed E-state index contributed by atoms with van der Waals surface area (Å²) in [4.78, 5) is 23.0. The number of amides is 1. The van der Waals surface area contributed by atoms with Crippen molar-refractivity contribution >= 4 is 35.0 Å². The van der Waals surface area contributed by atoms with E-state index in [-0.39, 0.29) is 10.3 Å². The third-order valence-corrected chi connectivity index (χ3v) is 3.87. The van der Waals surface area contributed by atoms with Gasteiger partial charge in [-0.25, -0.2) is 15.0 Å². The van der Waals surface area contributed by atoms with Gasteiger partial charge in [0, 0.05) is 12.4 Å². The van der Waals surface area contributed by atoms with E-state index in [0.717, 1.165) is 24.0 Å². The van der Waals surface area contributed by atoms with Crippen molar-refractivity contribution in [2.24, 2.45) is 0 Å². The molecule has 0 saturated heterocycles. The van der Waals surface area contributed by atoms with E-state index in [9.17, 15) is 18.0 Å². The number of hydrogen-bond acceptors (Lipinski definition) is 5. The average Bonchev–Trinajstić information content (AvgIpc) is 2.49. The van der Waals surface area contributed by atoms with Gasteiger partial charge in [0.1, 0.15) is 5.69 Å². The number of carbonyl (C=O) groups is 1. The van der Waals surface area contributed by atoms with Gasteiger partial charge < -0.3 is 5.32 Å². The summed E-state index contributed by atoms with van der Waals surface area (Å²) in [5.41, 5.74) is -0.741. The number of hydrogen-bond donors (Lipinski definition) is 1. The number of carbonyl (C=O) groups excluding carboxylic acids is 1. The van der Waals surface area contributed by atoms with E-state index in [4.69, 9.17) is 11.6 Å². The zero-order valence-electron chi connectivity index (χ0n) is 11.6. The van der Waals surface area contributed by atoms with E-state index >= 15 is 0 Å². The van der Waals surface area contributed by atoms with Crippen LogP contribution in [0.3, 0.4) is 0 Å². The van der Waals surface area contributed by atoms with Crippen LogP contribution >= 0.6 is 23.4 Å². The van der Waals surface area contributed by atoms with Gasteiger partial charge in [-0.2, -0.15) is 13.2 Å². The molecule has 10 heteroatoms. The molecule has 23 heavy (non-hydrogen) atoms. The fourth-order valence-electron chi connectivity index (χ4n) is 1.48. The summed E-state index contributed by atoms with van der Waals surface area (Å²) in [6, 6.07) is 3.92. The van der Waals surface area contributed by atoms with E-state index in [1.807, 2.05) is 0 Å². The molecule has 2 aromatic rings. The van der Waals surface area contributed by atoms with Crippen LogP contribution in [0.25, 0.3) is 0 Å². The largest absolute Gasteiger partial charge is 0.433 e. The Balaban J connectivity index is 2.05. The molecule has 2 heterocycles. The van der Waals surface area contributed by atoms with Crippen molar-refractivity contribution in [2.75, 3.05) is 5.32 Å². The van der Waals surface area contributed by atoms with Gasteiger partial charge in [0.15, 0.2) is 10.3 Å². The molecule has 0 saturated carbocycles. The molecule has 0 aliphatic carbocycles. The molecule has 1 N–H and O–H groups in total. The average molecular weight is 363 g/mol. The zero-order valence-corrected chi connectivity index (χ0v) is 13.2. The number of halogens is 4. The lowest BCUT2D eigenvalue weighted by atomic mass is 10.4. The molecule has 0 fully saturated rings. The lowest BCUT2D eigenvalue weighted by Crippen LogP contribution is -2.23. The maximum atomic E-state index is 12.6. The molecule has 5 nitrogen and oxygen atoms in total. The van der Waals surface area contributed by atoms with Gasteiger partial charge in [0.2, 0.25) is 5.91 Å². The molecule has 1 unspecified atom stereocenters. The van der Waals surface area contributed by atoms with Crippen LogP contribution in [-0.4, -0.2) is 26.1 Å². The third-order valence-electron chi connectivity index (χ3n) is 2.59. The minimum Gasteiger partial charge on any atom is -0.322 e. The van der Waals surface area contributed by atoms with E-state index in [1.54, 1.807) is 12.1 Å². The van der Waals surface area contributed by atoms with Crippen molar-refractivity contribution < 1.29 is 18.0 Å². The van der Waals surface area contributed by atoms with Crippen molar-refractivity contribution in [2.45, 2.75) is 23.5 Å². The quantitative estimate of drug-likeness (QED) is 0.510. The number of thioether (sulfide) groups is 1. The molecule has 0 bridgehead atoms. The molecule has 0 aromatic carbocycles. The summed E-state index contributed by atoms with van der Waals surface area (Å²) >= 11 is 6.63. The maximum Gasteiger partial charge on any atom is 0.433 e. The van der Waals surface area contributed by atoms with E-state index < -0.39 is 23.0 Å². The summed E-state index contributed by atoms with van der Waals surface area (Å²) in [6.07, 6.45) is -2.10. The Morgan fingerprint density at radius 2 is 2.04 bits per heavy atom. The van der Waals surface area contributed by atoms with Crippen LogP contribution in [0, 0.1) is 0 Å². The standard InChI is InChI=1S/C13H10ClF3N4OS/c1-7(11(22)20-8-3-2-5-18-10(8)14)23-12-19-6-4-9(21-12)13(15,16)17/h2-7H,1H3,(H,20,22). The predicted molar refractivity (Wildman–Crippen MR) is 80.2 cm³/mol. The van der Waals surface area contributed by atoms with Crippen LogP contribution in [0.1, 0.15) is 12.6 Å². The van der Waals surface area contributed by atoms with Gasteiger partial charge in [-0.3, -0.25) is 4.79 Å². The van der Waals surface area contributed by atoms with Crippen LogP contribution in [0.15, 0.2) is 35.7 Å². The minimum atomic E-state index is -4.56. The molecule has 1 amide bonds. The monoisotopic (exact) mass is 362 g/mol. The Morgan fingerprint density at radius 1 is 1.30 bits per heavy atom. The van der Waals surface area contributed by atoms with Crippen LogP contribution < -0.4 is 5.32 Å². The summed E-state index contributed by atoms with van der Waals surface area (Å²) in [5, 5.41) is 1.80. The lowest BCUT2D eigenvalue weighted by Gasteiger charge is -2.12. The third kappa shape index (κ3) is 4.80. The second-order valence-corrected chi connectivity index (χ2v) is 5.98. The van der Waals surface area contributed by atoms with Gasteiger partial charge >= 0.3 is 6.18 Å². The van der Waals surface area contributed by atoms with Crippen molar-refractivity contribution in [1.29, 1.82) is 0 Å². The maximum absolute atomic E-state index is 12.6. The second-order valence-electron chi connectivity index (χ2n) is 4.31. The van der Waals surface area contributed by atoms with E-state index in [0.29, 0.717) is 5.69 Å². The van der Waals surface area contributed by atoms with Crippen molar-refractivity contribution in [1.82, 2.24) is 15.0 Å². The Labute approximate surface area is 138 Å². The molecule has 2 aromatic heterocycles. The topological polar surface area (TPSA) is 67.8 Å². The first-order chi connectivity index (χ1) is 10.8. The molecule has 0 aliphatic heterocycles.